The van der Waals surface area contributed by atoms with Crippen LogP contribution in [-0.4, -0.2) is 24.9 Å². The van der Waals surface area contributed by atoms with Crippen molar-refractivity contribution in [3.63, 3.8) is 0 Å². The number of rotatable bonds is 3. The second-order valence-electron chi connectivity index (χ2n) is 7.33. The summed E-state index contributed by atoms with van der Waals surface area (Å²) in [6.07, 6.45) is 4.50. The average Bonchev–Trinajstić information content (AvgIpc) is 3.29. The highest BCUT2D eigenvalue weighted by molar-refractivity contribution is 9.10. The van der Waals surface area contributed by atoms with Crippen LogP contribution in [0.2, 0.25) is 0 Å². The molecule has 3 heterocycles. The molecule has 0 aliphatic heterocycles. The molecule has 0 N–H and O–H groups in total. The van der Waals surface area contributed by atoms with Crippen LogP contribution in [0, 0.1) is 5.92 Å². The summed E-state index contributed by atoms with van der Waals surface area (Å²) < 4.78 is 3.80. The summed E-state index contributed by atoms with van der Waals surface area (Å²) in [5.74, 6) is 0.522. The van der Waals surface area contributed by atoms with Gasteiger partial charge < -0.3 is 0 Å². The van der Waals surface area contributed by atoms with Gasteiger partial charge in [-0.25, -0.2) is 9.78 Å². The smallest absolute Gasteiger partial charge is 0.292 e. The van der Waals surface area contributed by atoms with Gasteiger partial charge in [-0.3, -0.25) is 9.36 Å². The molecule has 1 atom stereocenters. The maximum atomic E-state index is 13.1. The number of carbonyl (C=O) groups is 1. The largest absolute Gasteiger partial charge is 0.352 e. The summed E-state index contributed by atoms with van der Waals surface area (Å²) in [6, 6.07) is 7.20. The summed E-state index contributed by atoms with van der Waals surface area (Å²) in [7, 11) is 0. The van der Waals surface area contributed by atoms with Crippen LogP contribution < -0.4 is 5.69 Å². The van der Waals surface area contributed by atoms with Gasteiger partial charge in [-0.05, 0) is 42.9 Å². The number of aryl methyl sites for hydroxylation is 1. The molecule has 0 unspecified atom stereocenters. The Morgan fingerprint density at radius 1 is 1.32 bits per heavy atom. The number of benzene rings is 1. The minimum atomic E-state index is -0.322. The highest BCUT2D eigenvalue weighted by Gasteiger charge is 2.26. The van der Waals surface area contributed by atoms with Crippen LogP contribution >= 0.6 is 27.3 Å². The van der Waals surface area contributed by atoms with Crippen molar-refractivity contribution in [2.24, 2.45) is 5.92 Å². The monoisotopic (exact) mass is 456 g/mol. The Morgan fingerprint density at radius 2 is 2.11 bits per heavy atom. The van der Waals surface area contributed by atoms with E-state index >= 15 is 0 Å². The van der Waals surface area contributed by atoms with Crippen molar-refractivity contribution >= 4 is 48.9 Å². The number of fused-ring (bicyclic) bond motifs is 5. The zero-order chi connectivity index (χ0) is 19.4. The van der Waals surface area contributed by atoms with Crippen molar-refractivity contribution < 1.29 is 4.79 Å². The van der Waals surface area contributed by atoms with Crippen LogP contribution in [0.3, 0.4) is 0 Å². The van der Waals surface area contributed by atoms with Crippen molar-refractivity contribution in [1.29, 1.82) is 0 Å². The summed E-state index contributed by atoms with van der Waals surface area (Å²) in [5, 5.41) is 5.10. The van der Waals surface area contributed by atoms with Gasteiger partial charge in [0.1, 0.15) is 11.2 Å². The molecule has 28 heavy (non-hydrogen) atoms. The van der Waals surface area contributed by atoms with Gasteiger partial charge in [-0.1, -0.05) is 35.0 Å². The summed E-state index contributed by atoms with van der Waals surface area (Å²) in [4.78, 5) is 32.4. The number of carbonyl (C=O) groups excluding carboxylic acids is 1. The predicted octanol–water partition coefficient (Wildman–Crippen LogP) is 3.88. The molecule has 5 rings (SSSR count). The summed E-state index contributed by atoms with van der Waals surface area (Å²) >= 11 is 5.01. The maximum absolute atomic E-state index is 13.1. The number of halogens is 1. The Morgan fingerprint density at radius 3 is 2.89 bits per heavy atom. The van der Waals surface area contributed by atoms with Crippen LogP contribution in [0.25, 0.3) is 15.9 Å². The van der Waals surface area contributed by atoms with E-state index in [4.69, 9.17) is 0 Å². The first-order valence-electron chi connectivity index (χ1n) is 9.18. The topological polar surface area (TPSA) is 69.3 Å². The molecule has 3 aromatic heterocycles. The van der Waals surface area contributed by atoms with E-state index < -0.39 is 0 Å². The van der Waals surface area contributed by atoms with Gasteiger partial charge in [0.15, 0.2) is 11.4 Å². The molecule has 1 aliphatic rings. The number of ketones is 1. The van der Waals surface area contributed by atoms with E-state index in [1.165, 1.54) is 21.3 Å². The lowest BCUT2D eigenvalue weighted by molar-refractivity contribution is 0.0972. The fraction of sp³-hybridized carbons (Fsp3) is 0.300. The second-order valence-corrected chi connectivity index (χ2v) is 9.33. The lowest BCUT2D eigenvalue weighted by Gasteiger charge is -2.17. The Hall–Kier alpha value is -2.32. The molecule has 0 saturated heterocycles. The molecule has 0 fully saturated rings. The van der Waals surface area contributed by atoms with Gasteiger partial charge in [-0.2, -0.15) is 9.61 Å². The molecule has 0 amide bonds. The molecule has 1 aliphatic carbocycles. The van der Waals surface area contributed by atoms with E-state index in [2.05, 4.69) is 32.9 Å². The first-order chi connectivity index (χ1) is 13.5. The molecule has 0 spiro atoms. The Kier molecular flexibility index (Phi) is 4.21. The summed E-state index contributed by atoms with van der Waals surface area (Å²) in [5.41, 5.74) is 2.12. The zero-order valence-corrected chi connectivity index (χ0v) is 17.6. The summed E-state index contributed by atoms with van der Waals surface area (Å²) in [6.45, 7) is 2.24. The average molecular weight is 457 g/mol. The molecule has 4 aromatic rings. The SMILES string of the molecule is C[C@H]1CCc2c(sc3c2c2ncnn2c(=O)n3CC(=O)c2ccc(Br)cc2)C1. The Balaban J connectivity index is 1.71. The van der Waals surface area contributed by atoms with Crippen molar-refractivity contribution in [3.05, 3.63) is 61.6 Å². The second kappa shape index (κ2) is 6.63. The van der Waals surface area contributed by atoms with Gasteiger partial charge in [0, 0.05) is 14.9 Å². The lowest BCUT2D eigenvalue weighted by Crippen LogP contribution is -2.30. The van der Waals surface area contributed by atoms with Gasteiger partial charge in [-0.15, -0.1) is 11.3 Å². The number of thiophene rings is 1. The zero-order valence-electron chi connectivity index (χ0n) is 15.2. The fourth-order valence-electron chi connectivity index (χ4n) is 3.92. The number of Topliss-reactive ketones (excluding diaryl/α,β-unsaturated/α-hetero) is 1. The highest BCUT2D eigenvalue weighted by Crippen LogP contribution is 2.39. The molecular formula is C20H17BrN4O2S. The number of nitrogens with zero attached hydrogens (tertiary/aromatic N) is 4. The quantitative estimate of drug-likeness (QED) is 0.438. The van der Waals surface area contributed by atoms with E-state index in [9.17, 15) is 9.59 Å². The number of hydrogen-bond donors (Lipinski definition) is 0. The number of aromatic nitrogens is 4. The van der Waals surface area contributed by atoms with Gasteiger partial charge in [0.05, 0.1) is 11.9 Å². The molecule has 0 saturated carbocycles. The normalized spacial score (nSPS) is 16.6. The third kappa shape index (κ3) is 2.74. The van der Waals surface area contributed by atoms with E-state index in [0.29, 0.717) is 17.1 Å². The first-order valence-corrected chi connectivity index (χ1v) is 10.8. The predicted molar refractivity (Wildman–Crippen MR) is 112 cm³/mol. The van der Waals surface area contributed by atoms with E-state index in [1.54, 1.807) is 28.0 Å². The Bertz CT molecular complexity index is 1290. The third-order valence-electron chi connectivity index (χ3n) is 5.39. The molecular weight excluding hydrogens is 440 g/mol. The molecule has 0 bridgehead atoms. The first kappa shape index (κ1) is 17.8. The highest BCUT2D eigenvalue weighted by atomic mass is 79.9. The van der Waals surface area contributed by atoms with Crippen LogP contribution in [0.5, 0.6) is 0 Å². The maximum Gasteiger partial charge on any atom is 0.352 e. The van der Waals surface area contributed by atoms with Crippen molar-refractivity contribution in [3.8, 4) is 0 Å². The molecule has 0 radical (unpaired) electrons. The fourth-order valence-corrected chi connectivity index (χ4v) is 5.68. The van der Waals surface area contributed by atoms with Crippen LogP contribution in [0.15, 0.2) is 39.9 Å². The van der Waals surface area contributed by atoms with Gasteiger partial charge >= 0.3 is 5.69 Å². The minimum Gasteiger partial charge on any atom is -0.292 e. The van der Waals surface area contributed by atoms with Crippen LogP contribution in [-0.2, 0) is 19.4 Å². The Labute approximate surface area is 173 Å². The van der Waals surface area contributed by atoms with E-state index in [1.807, 2.05) is 12.1 Å². The van der Waals surface area contributed by atoms with Crippen LogP contribution in [0.1, 0.15) is 34.1 Å². The molecule has 8 heteroatoms. The minimum absolute atomic E-state index is 0.0122. The van der Waals surface area contributed by atoms with Crippen molar-refractivity contribution in [1.82, 2.24) is 19.2 Å². The van der Waals surface area contributed by atoms with E-state index in [-0.39, 0.29) is 18.0 Å². The molecule has 6 nitrogen and oxygen atoms in total. The number of hydrogen-bond acceptors (Lipinski definition) is 5. The van der Waals surface area contributed by atoms with Crippen molar-refractivity contribution in [2.75, 3.05) is 0 Å². The van der Waals surface area contributed by atoms with Crippen molar-refractivity contribution in [2.45, 2.75) is 32.7 Å². The lowest BCUT2D eigenvalue weighted by atomic mass is 9.89. The van der Waals surface area contributed by atoms with Crippen LogP contribution in [0.4, 0.5) is 0 Å². The standard InChI is InChI=1S/C20H17BrN4O2S/c1-11-2-7-14-16(8-11)28-19-17(14)18-22-10-23-25(18)20(27)24(19)9-15(26)12-3-5-13(21)6-4-12/h3-6,10-11H,2,7-9H2,1H3/t11-/m0/s1. The van der Waals surface area contributed by atoms with Gasteiger partial charge in [0.25, 0.3) is 0 Å². The molecule has 1 aromatic carbocycles. The van der Waals surface area contributed by atoms with E-state index in [0.717, 1.165) is 34.0 Å². The molecule has 142 valence electrons. The third-order valence-corrected chi connectivity index (χ3v) is 7.20. The van der Waals surface area contributed by atoms with Gasteiger partial charge in [0.2, 0.25) is 0 Å².